The van der Waals surface area contributed by atoms with Crippen LogP contribution in [0.2, 0.25) is 0 Å². The minimum Gasteiger partial charge on any atom is -0.497 e. The third-order valence-electron chi connectivity index (χ3n) is 5.65. The van der Waals surface area contributed by atoms with Crippen LogP contribution in [0.1, 0.15) is 11.6 Å². The second-order valence-electron chi connectivity index (χ2n) is 7.42. The van der Waals surface area contributed by atoms with Crippen LogP contribution in [0.25, 0.3) is 0 Å². The minimum absolute atomic E-state index is 0.365. The fourth-order valence-corrected chi connectivity index (χ4v) is 4.22. The number of fused-ring (bicyclic) bond motifs is 1. The fourth-order valence-electron chi connectivity index (χ4n) is 4.22. The van der Waals surface area contributed by atoms with Crippen molar-refractivity contribution in [2.75, 3.05) is 17.1 Å². The Morgan fingerprint density at radius 3 is 2.29 bits per heavy atom. The molecule has 6 nitrogen and oxygen atoms in total. The number of halogens is 1. The van der Waals surface area contributed by atoms with E-state index in [-0.39, 0.29) is 11.7 Å². The maximum atomic E-state index is 13.6. The van der Waals surface area contributed by atoms with Crippen molar-refractivity contribution >= 4 is 23.2 Å². The molecule has 5 rings (SSSR count). The largest absolute Gasteiger partial charge is 0.497 e. The van der Waals surface area contributed by atoms with Crippen LogP contribution in [-0.2, 0) is 14.4 Å². The summed E-state index contributed by atoms with van der Waals surface area (Å²) in [7, 11) is 1.52. The molecule has 0 aliphatic carbocycles. The van der Waals surface area contributed by atoms with Gasteiger partial charge in [0, 0.05) is 6.07 Å². The van der Waals surface area contributed by atoms with Crippen LogP contribution in [0, 0.1) is 11.7 Å². The minimum atomic E-state index is -0.978. The molecule has 0 radical (unpaired) electrons. The maximum absolute atomic E-state index is 13.6. The van der Waals surface area contributed by atoms with E-state index in [4.69, 9.17) is 9.57 Å². The van der Waals surface area contributed by atoms with Crippen LogP contribution in [0.4, 0.5) is 15.8 Å². The number of methoxy groups -OCH3 is 1. The van der Waals surface area contributed by atoms with Gasteiger partial charge in [0.15, 0.2) is 6.10 Å². The molecule has 0 unspecified atom stereocenters. The lowest BCUT2D eigenvalue weighted by atomic mass is 9.90. The molecular formula is C24H19FN2O4. The van der Waals surface area contributed by atoms with Gasteiger partial charge in [-0.15, -0.1) is 0 Å². The van der Waals surface area contributed by atoms with E-state index in [1.165, 1.54) is 19.2 Å². The van der Waals surface area contributed by atoms with Crippen LogP contribution in [0.5, 0.6) is 5.75 Å². The summed E-state index contributed by atoms with van der Waals surface area (Å²) >= 11 is 0. The van der Waals surface area contributed by atoms with Crippen molar-refractivity contribution < 1.29 is 23.6 Å². The summed E-state index contributed by atoms with van der Waals surface area (Å²) in [4.78, 5) is 34.0. The molecule has 0 spiro atoms. The van der Waals surface area contributed by atoms with Gasteiger partial charge in [-0.3, -0.25) is 14.4 Å². The average Bonchev–Trinajstić information content (AvgIpc) is 3.31. The average molecular weight is 418 g/mol. The second-order valence-corrected chi connectivity index (χ2v) is 7.42. The Morgan fingerprint density at radius 1 is 0.871 bits per heavy atom. The highest BCUT2D eigenvalue weighted by molar-refractivity contribution is 6.24. The van der Waals surface area contributed by atoms with Crippen molar-refractivity contribution in [1.29, 1.82) is 0 Å². The quantitative estimate of drug-likeness (QED) is 0.602. The molecule has 7 heteroatoms. The van der Waals surface area contributed by atoms with Crippen molar-refractivity contribution in [1.82, 2.24) is 0 Å². The predicted molar refractivity (Wildman–Crippen MR) is 112 cm³/mol. The summed E-state index contributed by atoms with van der Waals surface area (Å²) in [6, 6.07) is 21.4. The zero-order valence-electron chi connectivity index (χ0n) is 16.6. The Balaban J connectivity index is 1.57. The van der Waals surface area contributed by atoms with Crippen LogP contribution in [0.3, 0.4) is 0 Å². The van der Waals surface area contributed by atoms with Gasteiger partial charge in [-0.05, 0) is 42.0 Å². The lowest BCUT2D eigenvalue weighted by Gasteiger charge is -2.28. The first kappa shape index (κ1) is 19.3. The summed E-state index contributed by atoms with van der Waals surface area (Å²) < 4.78 is 18.8. The second kappa shape index (κ2) is 7.52. The number of hydrogen-bond acceptors (Lipinski definition) is 5. The van der Waals surface area contributed by atoms with E-state index in [9.17, 15) is 14.0 Å². The van der Waals surface area contributed by atoms with E-state index in [1.54, 1.807) is 41.5 Å². The molecule has 0 saturated carbocycles. The highest BCUT2D eigenvalue weighted by Crippen LogP contribution is 2.47. The molecule has 156 valence electrons. The van der Waals surface area contributed by atoms with Crippen LogP contribution < -0.4 is 14.7 Å². The molecular weight excluding hydrogens is 399 g/mol. The number of hydrogen-bond donors (Lipinski definition) is 0. The molecule has 2 heterocycles. The maximum Gasteiger partial charge on any atom is 0.266 e. The first-order valence-corrected chi connectivity index (χ1v) is 9.87. The van der Waals surface area contributed by atoms with Gasteiger partial charge in [-0.25, -0.2) is 14.4 Å². The lowest BCUT2D eigenvalue weighted by molar-refractivity contribution is -0.126. The molecule has 2 aliphatic heterocycles. The first-order chi connectivity index (χ1) is 15.1. The number of imide groups is 1. The highest BCUT2D eigenvalue weighted by Gasteiger charge is 2.60. The molecule has 2 saturated heterocycles. The molecule has 2 fully saturated rings. The molecule has 0 aromatic heterocycles. The Hall–Kier alpha value is -3.71. The number of ether oxygens (including phenoxy) is 1. The Morgan fingerprint density at radius 2 is 1.58 bits per heavy atom. The Kier molecular flexibility index (Phi) is 4.67. The van der Waals surface area contributed by atoms with Gasteiger partial charge in [0.2, 0.25) is 5.91 Å². The van der Waals surface area contributed by atoms with E-state index in [0.29, 0.717) is 22.7 Å². The normalized spacial score (nSPS) is 22.7. The number of anilines is 2. The third-order valence-corrected chi connectivity index (χ3v) is 5.65. The number of amides is 2. The number of para-hydroxylation sites is 1. The van der Waals surface area contributed by atoms with Gasteiger partial charge in [-0.1, -0.05) is 36.4 Å². The third kappa shape index (κ3) is 3.14. The number of benzene rings is 3. The monoisotopic (exact) mass is 418 g/mol. The Bertz CT molecular complexity index is 1140. The molecule has 0 N–H and O–H groups in total. The number of nitrogens with zero attached hydrogens (tertiary/aromatic N) is 2. The van der Waals surface area contributed by atoms with Gasteiger partial charge in [0.05, 0.1) is 24.5 Å². The number of carbonyl (C=O) groups is 2. The summed E-state index contributed by atoms with van der Waals surface area (Å²) in [5.74, 6) is -1.41. The van der Waals surface area contributed by atoms with E-state index in [0.717, 1.165) is 4.90 Å². The molecule has 3 aromatic carbocycles. The molecule has 2 amide bonds. The standard InChI is InChI=1S/C24H19FN2O4/c1-30-19-9-5-8-18(14-19)26-23(28)20-21(15-10-12-16(25)13-11-15)27(31-22(20)24(26)29)17-6-3-2-4-7-17/h2-14,20-22H,1H3/t20-,21+,22+/m0/s1. The number of rotatable bonds is 4. The topological polar surface area (TPSA) is 59.1 Å². The van der Waals surface area contributed by atoms with Crippen molar-refractivity contribution in [3.8, 4) is 5.75 Å². The molecule has 2 aliphatic rings. The summed E-state index contributed by atoms with van der Waals surface area (Å²) in [5.41, 5.74) is 1.82. The van der Waals surface area contributed by atoms with E-state index < -0.39 is 24.0 Å². The van der Waals surface area contributed by atoms with Gasteiger partial charge in [0.1, 0.15) is 17.5 Å². The zero-order chi connectivity index (χ0) is 21.5. The van der Waals surface area contributed by atoms with Crippen LogP contribution in [-0.4, -0.2) is 25.0 Å². The van der Waals surface area contributed by atoms with E-state index >= 15 is 0 Å². The smallest absolute Gasteiger partial charge is 0.266 e. The summed E-state index contributed by atoms with van der Waals surface area (Å²) in [6.45, 7) is 0. The van der Waals surface area contributed by atoms with Crippen LogP contribution >= 0.6 is 0 Å². The van der Waals surface area contributed by atoms with Crippen LogP contribution in [0.15, 0.2) is 78.9 Å². The van der Waals surface area contributed by atoms with Crippen molar-refractivity contribution in [2.24, 2.45) is 5.92 Å². The van der Waals surface area contributed by atoms with Crippen molar-refractivity contribution in [2.45, 2.75) is 12.1 Å². The fraction of sp³-hybridized carbons (Fsp3) is 0.167. The molecule has 3 atom stereocenters. The lowest BCUT2D eigenvalue weighted by Crippen LogP contribution is -2.37. The molecule has 31 heavy (non-hydrogen) atoms. The summed E-state index contributed by atoms with van der Waals surface area (Å²) in [5, 5.41) is 1.58. The zero-order valence-corrected chi connectivity index (χ0v) is 16.6. The molecule has 3 aromatic rings. The highest BCUT2D eigenvalue weighted by atomic mass is 19.1. The summed E-state index contributed by atoms with van der Waals surface area (Å²) in [6.07, 6.45) is -0.978. The SMILES string of the molecule is COc1cccc(N2C(=O)[C@H]3[C@@H](c4ccc(F)cc4)N(c4ccccc4)O[C@H]3C2=O)c1. The van der Waals surface area contributed by atoms with Crippen molar-refractivity contribution in [3.63, 3.8) is 0 Å². The Labute approximate surface area is 178 Å². The van der Waals surface area contributed by atoms with Gasteiger partial charge >= 0.3 is 0 Å². The van der Waals surface area contributed by atoms with Gasteiger partial charge < -0.3 is 4.74 Å². The van der Waals surface area contributed by atoms with Crippen molar-refractivity contribution in [3.05, 3.63) is 90.2 Å². The first-order valence-electron chi connectivity index (χ1n) is 9.87. The van der Waals surface area contributed by atoms with Gasteiger partial charge in [-0.2, -0.15) is 0 Å². The van der Waals surface area contributed by atoms with E-state index in [2.05, 4.69) is 0 Å². The van der Waals surface area contributed by atoms with Gasteiger partial charge in [0.25, 0.3) is 5.91 Å². The number of hydroxylamine groups is 1. The molecule has 0 bridgehead atoms. The predicted octanol–water partition coefficient (Wildman–Crippen LogP) is 3.89. The number of carbonyl (C=O) groups excluding carboxylic acids is 2. The van der Waals surface area contributed by atoms with E-state index in [1.807, 2.05) is 30.3 Å².